The van der Waals surface area contributed by atoms with E-state index in [1.54, 1.807) is 0 Å². The van der Waals surface area contributed by atoms with Crippen LogP contribution in [0.3, 0.4) is 0 Å². The van der Waals surface area contributed by atoms with Crippen molar-refractivity contribution in [1.29, 1.82) is 0 Å². The molecule has 6 nitrogen and oxygen atoms in total. The number of rotatable bonds is 5. The predicted molar refractivity (Wildman–Crippen MR) is 69.4 cm³/mol. The standard InChI is InChI=1S/C12H24N4O2/c1-10(2)9-15-5-7-16(8-6-15)12(18)4-3-11(17)14-13/h10H,3-9,13H2,1-2H3,(H,14,17). The summed E-state index contributed by atoms with van der Waals surface area (Å²) in [5, 5.41) is 0. The fourth-order valence-corrected chi connectivity index (χ4v) is 2.15. The second-order valence-corrected chi connectivity index (χ2v) is 5.14. The lowest BCUT2D eigenvalue weighted by Crippen LogP contribution is -2.49. The van der Waals surface area contributed by atoms with E-state index in [0.717, 1.165) is 32.7 Å². The first-order valence-corrected chi connectivity index (χ1v) is 6.52. The predicted octanol–water partition coefficient (Wildman–Crippen LogP) is -0.443. The van der Waals surface area contributed by atoms with Gasteiger partial charge in [-0.15, -0.1) is 0 Å². The molecule has 0 aromatic rings. The van der Waals surface area contributed by atoms with Gasteiger partial charge in [0.1, 0.15) is 0 Å². The van der Waals surface area contributed by atoms with Crippen LogP contribution in [0.25, 0.3) is 0 Å². The van der Waals surface area contributed by atoms with Crippen LogP contribution in [0.1, 0.15) is 26.7 Å². The first-order valence-electron chi connectivity index (χ1n) is 6.52. The Hall–Kier alpha value is -1.14. The third-order valence-corrected chi connectivity index (χ3v) is 3.08. The number of nitrogens with two attached hydrogens (primary N) is 1. The number of hydrazine groups is 1. The lowest BCUT2D eigenvalue weighted by Gasteiger charge is -2.35. The Bertz CT molecular complexity index is 286. The third-order valence-electron chi connectivity index (χ3n) is 3.08. The first-order chi connectivity index (χ1) is 8.52. The van der Waals surface area contributed by atoms with Crippen LogP contribution in [-0.4, -0.2) is 54.3 Å². The summed E-state index contributed by atoms with van der Waals surface area (Å²) in [5.41, 5.74) is 2.03. The molecule has 0 bridgehead atoms. The van der Waals surface area contributed by atoms with Crippen molar-refractivity contribution in [2.45, 2.75) is 26.7 Å². The molecule has 6 heteroatoms. The van der Waals surface area contributed by atoms with Crippen LogP contribution in [0.15, 0.2) is 0 Å². The number of carbonyl (C=O) groups is 2. The van der Waals surface area contributed by atoms with Gasteiger partial charge in [-0.2, -0.15) is 0 Å². The van der Waals surface area contributed by atoms with E-state index in [-0.39, 0.29) is 24.7 Å². The molecule has 0 aliphatic carbocycles. The van der Waals surface area contributed by atoms with Crippen LogP contribution in [0, 0.1) is 5.92 Å². The van der Waals surface area contributed by atoms with Crippen LogP contribution in [-0.2, 0) is 9.59 Å². The van der Waals surface area contributed by atoms with Gasteiger partial charge in [0.25, 0.3) is 0 Å². The van der Waals surface area contributed by atoms with Crippen molar-refractivity contribution in [3.63, 3.8) is 0 Å². The molecule has 2 amide bonds. The molecule has 0 radical (unpaired) electrons. The van der Waals surface area contributed by atoms with E-state index in [1.165, 1.54) is 0 Å². The van der Waals surface area contributed by atoms with Crippen LogP contribution in [0.2, 0.25) is 0 Å². The molecule has 0 aromatic carbocycles. The minimum absolute atomic E-state index is 0.0443. The second-order valence-electron chi connectivity index (χ2n) is 5.14. The molecule has 1 rings (SSSR count). The number of carbonyl (C=O) groups excluding carboxylic acids is 2. The van der Waals surface area contributed by atoms with Crippen LogP contribution < -0.4 is 11.3 Å². The van der Waals surface area contributed by atoms with Gasteiger partial charge in [-0.05, 0) is 5.92 Å². The van der Waals surface area contributed by atoms with Crippen molar-refractivity contribution in [3.05, 3.63) is 0 Å². The zero-order chi connectivity index (χ0) is 13.5. The average Bonchev–Trinajstić information content (AvgIpc) is 2.35. The highest BCUT2D eigenvalue weighted by Crippen LogP contribution is 2.07. The summed E-state index contributed by atoms with van der Waals surface area (Å²) in [6.07, 6.45) is 0.411. The van der Waals surface area contributed by atoms with Gasteiger partial charge in [0, 0.05) is 45.6 Å². The fraction of sp³-hybridized carbons (Fsp3) is 0.833. The van der Waals surface area contributed by atoms with Crippen LogP contribution >= 0.6 is 0 Å². The monoisotopic (exact) mass is 256 g/mol. The maximum Gasteiger partial charge on any atom is 0.234 e. The minimum Gasteiger partial charge on any atom is -0.340 e. The maximum absolute atomic E-state index is 11.8. The highest BCUT2D eigenvalue weighted by atomic mass is 16.2. The lowest BCUT2D eigenvalue weighted by molar-refractivity contribution is -0.135. The first kappa shape index (κ1) is 14.9. The quantitative estimate of drug-likeness (QED) is 0.397. The Balaban J connectivity index is 2.25. The average molecular weight is 256 g/mol. The zero-order valence-electron chi connectivity index (χ0n) is 11.3. The van der Waals surface area contributed by atoms with Gasteiger partial charge in [-0.3, -0.25) is 19.9 Å². The fourth-order valence-electron chi connectivity index (χ4n) is 2.15. The van der Waals surface area contributed by atoms with Gasteiger partial charge in [0.05, 0.1) is 0 Å². The molecule has 1 aliphatic rings. The molecule has 0 spiro atoms. The molecule has 1 aliphatic heterocycles. The van der Waals surface area contributed by atoms with E-state index in [1.807, 2.05) is 10.3 Å². The van der Waals surface area contributed by atoms with E-state index in [0.29, 0.717) is 5.92 Å². The number of hydrogen-bond acceptors (Lipinski definition) is 4. The molecule has 0 saturated carbocycles. The second kappa shape index (κ2) is 7.33. The molecule has 1 saturated heterocycles. The number of amides is 2. The van der Waals surface area contributed by atoms with E-state index in [2.05, 4.69) is 18.7 Å². The summed E-state index contributed by atoms with van der Waals surface area (Å²) in [6.45, 7) is 8.84. The van der Waals surface area contributed by atoms with E-state index >= 15 is 0 Å². The summed E-state index contributed by atoms with van der Waals surface area (Å²) in [4.78, 5) is 27.0. The summed E-state index contributed by atoms with van der Waals surface area (Å²) in [5.74, 6) is 5.38. The highest BCUT2D eigenvalue weighted by Gasteiger charge is 2.21. The summed E-state index contributed by atoms with van der Waals surface area (Å²) in [7, 11) is 0. The highest BCUT2D eigenvalue weighted by molar-refractivity contribution is 5.83. The molecule has 0 aromatic heterocycles. The Kier molecular flexibility index (Phi) is 6.07. The van der Waals surface area contributed by atoms with Gasteiger partial charge >= 0.3 is 0 Å². The van der Waals surface area contributed by atoms with Crippen LogP contribution in [0.4, 0.5) is 0 Å². The molecule has 104 valence electrons. The number of nitrogens with zero attached hydrogens (tertiary/aromatic N) is 2. The SMILES string of the molecule is CC(C)CN1CCN(C(=O)CCC(=O)NN)CC1. The Morgan fingerprint density at radius 1 is 1.17 bits per heavy atom. The van der Waals surface area contributed by atoms with Gasteiger partial charge in [-0.25, -0.2) is 5.84 Å². The minimum atomic E-state index is -0.290. The number of nitrogens with one attached hydrogen (secondary N) is 1. The number of piperazine rings is 1. The molecule has 1 heterocycles. The molecular weight excluding hydrogens is 232 g/mol. The molecule has 0 atom stereocenters. The maximum atomic E-state index is 11.8. The van der Waals surface area contributed by atoms with Crippen LogP contribution in [0.5, 0.6) is 0 Å². The van der Waals surface area contributed by atoms with Gasteiger partial charge in [0.15, 0.2) is 0 Å². The molecule has 18 heavy (non-hydrogen) atoms. The normalized spacial score (nSPS) is 17.0. The van der Waals surface area contributed by atoms with Crippen molar-refractivity contribution in [2.75, 3.05) is 32.7 Å². The topological polar surface area (TPSA) is 78.7 Å². The van der Waals surface area contributed by atoms with Gasteiger partial charge < -0.3 is 4.90 Å². The lowest BCUT2D eigenvalue weighted by atomic mass is 10.2. The zero-order valence-corrected chi connectivity index (χ0v) is 11.3. The smallest absolute Gasteiger partial charge is 0.234 e. The van der Waals surface area contributed by atoms with Gasteiger partial charge in [0.2, 0.25) is 11.8 Å². The molecule has 3 N–H and O–H groups in total. The van der Waals surface area contributed by atoms with Crippen molar-refractivity contribution in [3.8, 4) is 0 Å². The van der Waals surface area contributed by atoms with Crippen molar-refractivity contribution in [1.82, 2.24) is 15.2 Å². The third kappa shape index (κ3) is 5.01. The van der Waals surface area contributed by atoms with E-state index < -0.39 is 0 Å². The van der Waals surface area contributed by atoms with Crippen molar-refractivity contribution in [2.24, 2.45) is 11.8 Å². The summed E-state index contributed by atoms with van der Waals surface area (Å²) >= 11 is 0. The Morgan fingerprint density at radius 2 is 1.78 bits per heavy atom. The molecular formula is C12H24N4O2. The Morgan fingerprint density at radius 3 is 2.28 bits per heavy atom. The summed E-state index contributed by atoms with van der Waals surface area (Å²) in [6, 6.07) is 0. The van der Waals surface area contributed by atoms with E-state index in [4.69, 9.17) is 5.84 Å². The molecule has 1 fully saturated rings. The molecule has 0 unspecified atom stereocenters. The van der Waals surface area contributed by atoms with Gasteiger partial charge in [-0.1, -0.05) is 13.8 Å². The van der Waals surface area contributed by atoms with Crippen molar-refractivity contribution >= 4 is 11.8 Å². The van der Waals surface area contributed by atoms with E-state index in [9.17, 15) is 9.59 Å². The van der Waals surface area contributed by atoms with Crippen molar-refractivity contribution < 1.29 is 9.59 Å². The largest absolute Gasteiger partial charge is 0.340 e. The Labute approximate surface area is 108 Å². The summed E-state index contributed by atoms with van der Waals surface area (Å²) < 4.78 is 0. The number of hydrogen-bond donors (Lipinski definition) is 2.